The lowest BCUT2D eigenvalue weighted by Gasteiger charge is -2.04. The molecule has 0 atom stereocenters. The number of rotatable bonds is 3. The van der Waals surface area contributed by atoms with E-state index in [9.17, 15) is 4.79 Å². The average molecular weight is 193 g/mol. The number of nitrogens with two attached hydrogens (primary N) is 2. The summed E-state index contributed by atoms with van der Waals surface area (Å²) in [6.45, 7) is 0. The summed E-state index contributed by atoms with van der Waals surface area (Å²) in [6, 6.07) is 0.453. The molecule has 0 aromatic carbocycles. The molecule has 5 N–H and O–H groups in total. The minimum atomic E-state index is -0.611. The van der Waals surface area contributed by atoms with Gasteiger partial charge in [0.2, 0.25) is 5.95 Å². The summed E-state index contributed by atoms with van der Waals surface area (Å²) in [5.41, 5.74) is 10.7. The smallest absolute Gasteiger partial charge is 0.254 e. The van der Waals surface area contributed by atoms with Crippen LogP contribution in [0.3, 0.4) is 0 Å². The van der Waals surface area contributed by atoms with E-state index in [-0.39, 0.29) is 11.4 Å². The van der Waals surface area contributed by atoms with E-state index in [1.165, 1.54) is 6.20 Å². The van der Waals surface area contributed by atoms with Gasteiger partial charge in [-0.15, -0.1) is 0 Å². The molecule has 1 fully saturated rings. The monoisotopic (exact) mass is 193 g/mol. The molecule has 0 spiro atoms. The Labute approximate surface area is 80.7 Å². The van der Waals surface area contributed by atoms with Gasteiger partial charge in [0.05, 0.1) is 5.56 Å². The van der Waals surface area contributed by atoms with Crippen LogP contribution in [0.1, 0.15) is 23.2 Å². The summed E-state index contributed by atoms with van der Waals surface area (Å²) in [5.74, 6) is -0.0360. The molecular formula is C8H11N5O. The summed E-state index contributed by atoms with van der Waals surface area (Å²) in [4.78, 5) is 18.7. The summed E-state index contributed by atoms with van der Waals surface area (Å²) < 4.78 is 0. The number of nitrogens with zero attached hydrogens (tertiary/aromatic N) is 2. The molecule has 6 nitrogen and oxygen atoms in total. The van der Waals surface area contributed by atoms with E-state index in [0.29, 0.717) is 12.0 Å². The predicted octanol–water partition coefficient (Wildman–Crippen LogP) is -0.268. The van der Waals surface area contributed by atoms with Crippen molar-refractivity contribution in [2.45, 2.75) is 18.9 Å². The fourth-order valence-electron chi connectivity index (χ4n) is 1.06. The van der Waals surface area contributed by atoms with E-state index in [1.807, 2.05) is 0 Å². The second kappa shape index (κ2) is 3.13. The molecule has 0 bridgehead atoms. The molecule has 14 heavy (non-hydrogen) atoms. The van der Waals surface area contributed by atoms with Crippen molar-refractivity contribution in [1.29, 1.82) is 0 Å². The molecule has 74 valence electrons. The van der Waals surface area contributed by atoms with Crippen LogP contribution in [0, 0.1) is 0 Å². The average Bonchev–Trinajstić information content (AvgIpc) is 2.87. The molecule has 6 heteroatoms. The van der Waals surface area contributed by atoms with Crippen molar-refractivity contribution in [3.05, 3.63) is 11.8 Å². The number of primary amides is 1. The topological polar surface area (TPSA) is 107 Å². The van der Waals surface area contributed by atoms with Gasteiger partial charge in [0, 0.05) is 12.2 Å². The van der Waals surface area contributed by atoms with E-state index >= 15 is 0 Å². The normalized spacial score (nSPS) is 15.1. The first kappa shape index (κ1) is 8.74. The predicted molar refractivity (Wildman–Crippen MR) is 51.6 cm³/mol. The number of hydrogen-bond donors (Lipinski definition) is 3. The van der Waals surface area contributed by atoms with Crippen LogP contribution in [0.4, 0.5) is 11.8 Å². The maximum atomic E-state index is 10.8. The molecule has 1 amide bonds. The number of aromatic nitrogens is 2. The third kappa shape index (κ3) is 1.73. The number of hydrogen-bond acceptors (Lipinski definition) is 5. The van der Waals surface area contributed by atoms with Crippen molar-refractivity contribution >= 4 is 17.7 Å². The first-order valence-electron chi connectivity index (χ1n) is 4.35. The second-order valence-corrected chi connectivity index (χ2v) is 3.28. The highest BCUT2D eigenvalue weighted by Crippen LogP contribution is 2.23. The molecule has 1 saturated carbocycles. The van der Waals surface area contributed by atoms with Crippen LogP contribution >= 0.6 is 0 Å². The SMILES string of the molecule is NC(=O)c1cnc(NC2CC2)nc1N. The van der Waals surface area contributed by atoms with Crippen LogP contribution in [0.25, 0.3) is 0 Å². The highest BCUT2D eigenvalue weighted by molar-refractivity contribution is 5.96. The van der Waals surface area contributed by atoms with Gasteiger partial charge >= 0.3 is 0 Å². The zero-order valence-electron chi connectivity index (χ0n) is 7.53. The molecule has 0 saturated heterocycles. The van der Waals surface area contributed by atoms with Crippen molar-refractivity contribution in [2.24, 2.45) is 5.73 Å². The Morgan fingerprint density at radius 3 is 2.79 bits per heavy atom. The number of carbonyl (C=O) groups is 1. The Bertz CT molecular complexity index is 374. The second-order valence-electron chi connectivity index (χ2n) is 3.28. The van der Waals surface area contributed by atoms with E-state index in [4.69, 9.17) is 11.5 Å². The van der Waals surface area contributed by atoms with Crippen LogP contribution in [0.5, 0.6) is 0 Å². The number of nitrogen functional groups attached to an aromatic ring is 1. The Hall–Kier alpha value is -1.85. The van der Waals surface area contributed by atoms with Crippen LogP contribution in [-0.4, -0.2) is 21.9 Å². The van der Waals surface area contributed by atoms with Gasteiger partial charge in [-0.2, -0.15) is 4.98 Å². The summed E-state index contributed by atoms with van der Waals surface area (Å²) in [7, 11) is 0. The fraction of sp³-hybridized carbons (Fsp3) is 0.375. The summed E-state index contributed by atoms with van der Waals surface area (Å²) in [5, 5.41) is 3.07. The standard InChI is InChI=1S/C8H11N5O/c9-6-5(7(10)14)3-11-8(13-6)12-4-1-2-4/h3-4H,1-2H2,(H2,10,14)(H3,9,11,12,13). The van der Waals surface area contributed by atoms with Crippen LogP contribution in [0.15, 0.2) is 6.20 Å². The van der Waals surface area contributed by atoms with Gasteiger partial charge in [0.1, 0.15) is 5.82 Å². The Balaban J connectivity index is 2.20. The lowest BCUT2D eigenvalue weighted by molar-refractivity contribution is 0.100. The van der Waals surface area contributed by atoms with Crippen LogP contribution in [0.2, 0.25) is 0 Å². The molecule has 2 rings (SSSR count). The largest absolute Gasteiger partial charge is 0.383 e. The molecule has 1 aromatic rings. The zero-order valence-corrected chi connectivity index (χ0v) is 7.53. The minimum absolute atomic E-state index is 0.121. The van der Waals surface area contributed by atoms with Gasteiger partial charge in [0.25, 0.3) is 5.91 Å². The van der Waals surface area contributed by atoms with E-state index in [1.54, 1.807) is 0 Å². The van der Waals surface area contributed by atoms with Crippen molar-refractivity contribution in [3.8, 4) is 0 Å². The molecule has 0 aliphatic heterocycles. The first-order chi connectivity index (χ1) is 6.66. The number of anilines is 2. The van der Waals surface area contributed by atoms with Gasteiger partial charge in [-0.05, 0) is 12.8 Å². The number of nitrogens with one attached hydrogen (secondary N) is 1. The first-order valence-corrected chi connectivity index (χ1v) is 4.35. The van der Waals surface area contributed by atoms with Crippen LogP contribution < -0.4 is 16.8 Å². The molecule has 0 radical (unpaired) electrons. The highest BCUT2D eigenvalue weighted by atomic mass is 16.1. The quantitative estimate of drug-likeness (QED) is 0.612. The lowest BCUT2D eigenvalue weighted by atomic mass is 10.3. The van der Waals surface area contributed by atoms with Gasteiger partial charge in [-0.25, -0.2) is 4.98 Å². The number of carbonyl (C=O) groups excluding carboxylic acids is 1. The van der Waals surface area contributed by atoms with E-state index in [0.717, 1.165) is 12.8 Å². The van der Waals surface area contributed by atoms with Crippen molar-refractivity contribution in [2.75, 3.05) is 11.1 Å². The Morgan fingerprint density at radius 1 is 1.57 bits per heavy atom. The van der Waals surface area contributed by atoms with Gasteiger partial charge < -0.3 is 16.8 Å². The van der Waals surface area contributed by atoms with E-state index in [2.05, 4.69) is 15.3 Å². The Kier molecular flexibility index (Phi) is 1.95. The van der Waals surface area contributed by atoms with Crippen LogP contribution in [-0.2, 0) is 0 Å². The molecule has 1 heterocycles. The van der Waals surface area contributed by atoms with E-state index < -0.39 is 5.91 Å². The zero-order chi connectivity index (χ0) is 10.1. The maximum Gasteiger partial charge on any atom is 0.254 e. The van der Waals surface area contributed by atoms with Gasteiger partial charge in [0.15, 0.2) is 0 Å². The molecular weight excluding hydrogens is 182 g/mol. The lowest BCUT2D eigenvalue weighted by Crippen LogP contribution is -2.16. The van der Waals surface area contributed by atoms with Crippen molar-refractivity contribution < 1.29 is 4.79 Å². The van der Waals surface area contributed by atoms with Crippen molar-refractivity contribution in [3.63, 3.8) is 0 Å². The summed E-state index contributed by atoms with van der Waals surface area (Å²) >= 11 is 0. The molecule has 1 aliphatic carbocycles. The molecule has 1 aromatic heterocycles. The number of amides is 1. The molecule has 0 unspecified atom stereocenters. The third-order valence-corrected chi connectivity index (χ3v) is 1.99. The molecule has 1 aliphatic rings. The third-order valence-electron chi connectivity index (χ3n) is 1.99. The van der Waals surface area contributed by atoms with Crippen molar-refractivity contribution in [1.82, 2.24) is 9.97 Å². The Morgan fingerprint density at radius 2 is 2.29 bits per heavy atom. The maximum absolute atomic E-state index is 10.8. The minimum Gasteiger partial charge on any atom is -0.383 e. The highest BCUT2D eigenvalue weighted by Gasteiger charge is 2.22. The van der Waals surface area contributed by atoms with Gasteiger partial charge in [-0.3, -0.25) is 4.79 Å². The fourth-order valence-corrected chi connectivity index (χ4v) is 1.06. The van der Waals surface area contributed by atoms with Gasteiger partial charge in [-0.1, -0.05) is 0 Å². The summed E-state index contributed by atoms with van der Waals surface area (Å²) in [6.07, 6.45) is 3.59.